The Morgan fingerprint density at radius 3 is 2.46 bits per heavy atom. The van der Waals surface area contributed by atoms with E-state index in [1.807, 2.05) is 24.3 Å². The fourth-order valence-electron chi connectivity index (χ4n) is 5.63. The molecule has 0 bridgehead atoms. The Hall–Kier alpha value is -5.13. The van der Waals surface area contributed by atoms with Gasteiger partial charge < -0.3 is 52.5 Å². The minimum absolute atomic E-state index is 0.0206. The van der Waals surface area contributed by atoms with Gasteiger partial charge in [-0.05, 0) is 49.5 Å². The van der Waals surface area contributed by atoms with E-state index in [1.54, 1.807) is 6.20 Å². The van der Waals surface area contributed by atoms with Crippen LogP contribution in [-0.4, -0.2) is 112 Å². The number of aliphatic imine (C=N–C) groups is 1. The first kappa shape index (κ1) is 39.3. The number of para-hydroxylation sites is 1. The van der Waals surface area contributed by atoms with Crippen molar-refractivity contribution in [2.24, 2.45) is 16.5 Å². The van der Waals surface area contributed by atoms with Crippen LogP contribution in [0.4, 0.5) is 0 Å². The van der Waals surface area contributed by atoms with Crippen LogP contribution >= 0.6 is 12.6 Å². The molecule has 17 nitrogen and oxygen atoms in total. The third kappa shape index (κ3) is 12.1. The number of hydrogen-bond donors (Lipinski definition) is 9. The van der Waals surface area contributed by atoms with Crippen molar-refractivity contribution in [2.45, 2.75) is 75.5 Å². The van der Waals surface area contributed by atoms with Gasteiger partial charge in [0.2, 0.25) is 29.5 Å². The topological polar surface area (TPSA) is 271 Å². The van der Waals surface area contributed by atoms with Gasteiger partial charge in [-0.1, -0.05) is 18.2 Å². The average Bonchev–Trinajstić information content (AvgIpc) is 3.72. The van der Waals surface area contributed by atoms with Crippen LogP contribution in [0.1, 0.15) is 50.5 Å². The smallest absolute Gasteiger partial charge is 0.305 e. The van der Waals surface area contributed by atoms with Gasteiger partial charge in [0.25, 0.3) is 0 Å². The molecule has 0 aliphatic carbocycles. The van der Waals surface area contributed by atoms with Crippen molar-refractivity contribution in [3.63, 3.8) is 0 Å². The number of carboxylic acids is 1. The Bertz CT molecular complexity index is 1560. The molecule has 18 heteroatoms. The van der Waals surface area contributed by atoms with Crippen molar-refractivity contribution in [1.82, 2.24) is 31.2 Å². The lowest BCUT2D eigenvalue weighted by molar-refractivity contribution is -0.142. The monoisotopic (exact) mass is 715 g/mol. The number of aldehydes is 1. The summed E-state index contributed by atoms with van der Waals surface area (Å²) in [6.07, 6.45) is 3.92. The standard InChI is InChI=1S/C32H45N9O8S/c33-32(34)35-11-4-3-9-23(38-26(43)10-13-50)29(47)37-17-27(44)39-24(15-28(45)46)30(48)40-25(31(49)41-12-5-6-20(41)18-42)14-19-16-36-22-8-2-1-7-21(19)22/h1-2,7-8,16,18,20,23-25,36,50H,3-6,9-15,17H2,(H,37,47)(H,38,43)(H,39,44)(H,40,48)(H,45,46)(H4,33,34,35)/t20-,23-,24-,25-/m0/s1. The molecular weight excluding hydrogens is 670 g/mol. The molecule has 3 rings (SSSR count). The van der Waals surface area contributed by atoms with Crippen LogP contribution < -0.4 is 32.7 Å². The summed E-state index contributed by atoms with van der Waals surface area (Å²) in [5.41, 5.74) is 12.2. The number of rotatable bonds is 20. The molecule has 1 aromatic heterocycles. The molecule has 2 aromatic rings. The number of amides is 5. The number of carbonyl (C=O) groups is 7. The number of nitrogens with one attached hydrogen (secondary N) is 5. The van der Waals surface area contributed by atoms with Gasteiger partial charge in [0.05, 0.1) is 19.0 Å². The molecule has 1 aliphatic heterocycles. The van der Waals surface area contributed by atoms with Crippen LogP contribution in [0.25, 0.3) is 10.9 Å². The number of thiol groups is 1. The van der Waals surface area contributed by atoms with Crippen molar-refractivity contribution in [1.29, 1.82) is 0 Å². The quantitative estimate of drug-likeness (QED) is 0.0257. The maximum absolute atomic E-state index is 13.7. The highest BCUT2D eigenvalue weighted by molar-refractivity contribution is 7.80. The van der Waals surface area contributed by atoms with E-state index in [0.29, 0.717) is 50.6 Å². The van der Waals surface area contributed by atoms with Crippen molar-refractivity contribution in [3.8, 4) is 0 Å². The number of unbranched alkanes of at least 4 members (excludes halogenated alkanes) is 1. The van der Waals surface area contributed by atoms with E-state index >= 15 is 0 Å². The number of fused-ring (bicyclic) bond motifs is 1. The Morgan fingerprint density at radius 1 is 1.02 bits per heavy atom. The molecule has 0 unspecified atom stereocenters. The van der Waals surface area contributed by atoms with E-state index in [2.05, 4.69) is 43.9 Å². The number of aromatic amines is 1. The molecule has 0 saturated carbocycles. The predicted octanol–water partition coefficient (Wildman–Crippen LogP) is -1.29. The number of carbonyl (C=O) groups excluding carboxylic acids is 6. The van der Waals surface area contributed by atoms with Crippen molar-refractivity contribution >= 4 is 71.3 Å². The molecule has 10 N–H and O–H groups in total. The summed E-state index contributed by atoms with van der Waals surface area (Å²) in [6, 6.07) is 2.90. The van der Waals surface area contributed by atoms with Crippen molar-refractivity contribution in [2.75, 3.05) is 25.4 Å². The summed E-state index contributed by atoms with van der Waals surface area (Å²) in [5.74, 6) is -4.65. The normalized spacial score (nSPS) is 15.7. The molecule has 4 atom stereocenters. The van der Waals surface area contributed by atoms with Crippen LogP contribution in [0.3, 0.4) is 0 Å². The Morgan fingerprint density at radius 2 is 1.76 bits per heavy atom. The first-order chi connectivity index (χ1) is 23.9. The number of hydrogen-bond acceptors (Lipinski definition) is 9. The molecule has 0 radical (unpaired) electrons. The van der Waals surface area contributed by atoms with Crippen LogP contribution in [0, 0.1) is 0 Å². The summed E-state index contributed by atoms with van der Waals surface area (Å²) >= 11 is 4.03. The molecule has 1 aliphatic rings. The predicted molar refractivity (Wildman–Crippen MR) is 187 cm³/mol. The van der Waals surface area contributed by atoms with Gasteiger partial charge >= 0.3 is 5.97 Å². The number of carboxylic acid groups (broad SMARTS) is 1. The number of likely N-dealkylation sites (tertiary alicyclic amines) is 1. The van der Waals surface area contributed by atoms with Gasteiger partial charge in [-0.25, -0.2) is 0 Å². The lowest BCUT2D eigenvalue weighted by Crippen LogP contribution is -2.57. The molecular formula is C32H45N9O8S. The van der Waals surface area contributed by atoms with Gasteiger partial charge in [-0.3, -0.25) is 33.8 Å². The SMILES string of the molecule is NC(N)=NCCCC[C@H](NC(=O)CCS)C(=O)NCC(=O)N[C@@H](CC(=O)O)C(=O)N[C@@H](Cc1c[nH]c2ccccc12)C(=O)N1CCC[C@H]1C=O. The zero-order valence-electron chi connectivity index (χ0n) is 27.6. The summed E-state index contributed by atoms with van der Waals surface area (Å²) in [4.78, 5) is 97.1. The van der Waals surface area contributed by atoms with E-state index in [0.717, 1.165) is 10.9 Å². The highest BCUT2D eigenvalue weighted by Gasteiger charge is 2.36. The highest BCUT2D eigenvalue weighted by Crippen LogP contribution is 2.22. The molecule has 1 fully saturated rings. The summed E-state index contributed by atoms with van der Waals surface area (Å²) < 4.78 is 0. The number of guanidine groups is 1. The lowest BCUT2D eigenvalue weighted by atomic mass is 10.0. The number of nitrogens with zero attached hydrogens (tertiary/aromatic N) is 2. The van der Waals surface area contributed by atoms with E-state index in [9.17, 15) is 38.7 Å². The number of aliphatic carboxylic acids is 1. The van der Waals surface area contributed by atoms with E-state index in [-0.39, 0.29) is 31.0 Å². The Kier molecular flexibility index (Phi) is 15.5. The van der Waals surface area contributed by atoms with Gasteiger partial charge in [0.15, 0.2) is 5.96 Å². The second-order valence-electron chi connectivity index (χ2n) is 11.8. The van der Waals surface area contributed by atoms with Gasteiger partial charge in [-0.15, -0.1) is 0 Å². The van der Waals surface area contributed by atoms with Gasteiger partial charge in [0.1, 0.15) is 24.4 Å². The van der Waals surface area contributed by atoms with Crippen LogP contribution in [-0.2, 0) is 40.0 Å². The third-order valence-electron chi connectivity index (χ3n) is 8.09. The van der Waals surface area contributed by atoms with E-state index in [4.69, 9.17) is 11.5 Å². The molecule has 5 amide bonds. The molecule has 0 spiro atoms. The lowest BCUT2D eigenvalue weighted by Gasteiger charge is -2.28. The molecule has 1 aromatic carbocycles. The van der Waals surface area contributed by atoms with E-state index in [1.165, 1.54) is 4.90 Å². The molecule has 2 heterocycles. The number of benzene rings is 1. The third-order valence-corrected chi connectivity index (χ3v) is 8.32. The van der Waals surface area contributed by atoms with Crippen LogP contribution in [0.5, 0.6) is 0 Å². The zero-order valence-corrected chi connectivity index (χ0v) is 28.5. The first-order valence-corrected chi connectivity index (χ1v) is 16.9. The van der Waals surface area contributed by atoms with E-state index < -0.39 is 72.6 Å². The molecule has 1 saturated heterocycles. The second kappa shape index (κ2) is 19.8. The zero-order chi connectivity index (χ0) is 36.6. The minimum Gasteiger partial charge on any atom is -0.481 e. The summed E-state index contributed by atoms with van der Waals surface area (Å²) in [5, 5.41) is 20.3. The summed E-state index contributed by atoms with van der Waals surface area (Å²) in [7, 11) is 0. The summed E-state index contributed by atoms with van der Waals surface area (Å²) in [6.45, 7) is -0.00780. The highest BCUT2D eigenvalue weighted by atomic mass is 32.1. The van der Waals surface area contributed by atoms with Crippen LogP contribution in [0.2, 0.25) is 0 Å². The van der Waals surface area contributed by atoms with Crippen molar-refractivity contribution < 1.29 is 38.7 Å². The maximum Gasteiger partial charge on any atom is 0.305 e. The number of H-pyrrole nitrogens is 1. The van der Waals surface area contributed by atoms with Gasteiger partial charge in [-0.2, -0.15) is 12.6 Å². The Balaban J connectivity index is 1.70. The van der Waals surface area contributed by atoms with Crippen LogP contribution in [0.15, 0.2) is 35.5 Å². The van der Waals surface area contributed by atoms with Gasteiger partial charge in [0, 0.05) is 43.0 Å². The Labute approximate surface area is 294 Å². The second-order valence-corrected chi connectivity index (χ2v) is 12.3. The fraction of sp³-hybridized carbons (Fsp3) is 0.500. The van der Waals surface area contributed by atoms with Crippen molar-refractivity contribution in [3.05, 3.63) is 36.0 Å². The molecule has 272 valence electrons. The minimum atomic E-state index is -1.61. The number of aromatic nitrogens is 1. The largest absolute Gasteiger partial charge is 0.481 e. The first-order valence-electron chi connectivity index (χ1n) is 16.3. The average molecular weight is 716 g/mol. The molecule has 50 heavy (non-hydrogen) atoms. The maximum atomic E-state index is 13.7. The fourth-order valence-corrected chi connectivity index (χ4v) is 5.83. The number of nitrogens with two attached hydrogens (primary N) is 2.